The van der Waals surface area contributed by atoms with Crippen molar-refractivity contribution in [1.29, 1.82) is 0 Å². The molecule has 1 aliphatic heterocycles. The van der Waals surface area contributed by atoms with Gasteiger partial charge in [-0.25, -0.2) is 0 Å². The first kappa shape index (κ1) is 20.3. The number of rotatable bonds is 5. The number of carbonyl (C=O) groups is 1. The second-order valence-electron chi connectivity index (χ2n) is 7.76. The molecule has 0 aliphatic carbocycles. The summed E-state index contributed by atoms with van der Waals surface area (Å²) in [6.07, 6.45) is 0. The molecule has 1 amide bonds. The maximum absolute atomic E-state index is 12.8. The average Bonchev–Trinajstić information content (AvgIpc) is 2.75. The first-order chi connectivity index (χ1) is 14.5. The highest BCUT2D eigenvalue weighted by molar-refractivity contribution is 5.93. The fraction of sp³-hybridized carbons (Fsp3) is 0.333. The molecule has 1 fully saturated rings. The number of benzene rings is 2. The second-order valence-corrected chi connectivity index (χ2v) is 7.76. The van der Waals surface area contributed by atoms with E-state index in [1.165, 1.54) is 11.6 Å². The van der Waals surface area contributed by atoms with E-state index in [0.717, 1.165) is 24.2 Å². The normalized spacial score (nSPS) is 15.8. The predicted molar refractivity (Wildman–Crippen MR) is 116 cm³/mol. The maximum Gasteiger partial charge on any atom is 0.287 e. The number of nitrogens with zero attached hydrogens (tertiary/aromatic N) is 1. The predicted octanol–water partition coefficient (Wildman–Crippen LogP) is 3.21. The number of fused-ring (bicyclic) bond motifs is 1. The Hall–Kier alpha value is -2.96. The third-order valence-corrected chi connectivity index (χ3v) is 5.51. The summed E-state index contributed by atoms with van der Waals surface area (Å²) in [4.78, 5) is 27.5. The first-order valence-electron chi connectivity index (χ1n) is 10.2. The highest BCUT2D eigenvalue weighted by Gasteiger charge is 2.24. The smallest absolute Gasteiger partial charge is 0.287 e. The molecule has 30 heavy (non-hydrogen) atoms. The largest absolute Gasteiger partial charge is 0.451 e. The molecule has 1 unspecified atom stereocenters. The van der Waals surface area contributed by atoms with E-state index in [9.17, 15) is 9.59 Å². The fourth-order valence-corrected chi connectivity index (χ4v) is 3.79. The molecular formula is C24H26N2O4. The van der Waals surface area contributed by atoms with Crippen LogP contribution >= 0.6 is 0 Å². The molecule has 6 nitrogen and oxygen atoms in total. The second kappa shape index (κ2) is 8.81. The molecule has 6 heteroatoms. The molecule has 1 N–H and O–H groups in total. The summed E-state index contributed by atoms with van der Waals surface area (Å²) in [7, 11) is 0. The van der Waals surface area contributed by atoms with Gasteiger partial charge in [-0.2, -0.15) is 0 Å². The number of hydrogen-bond donors (Lipinski definition) is 1. The number of ether oxygens (including phenoxy) is 1. The zero-order valence-corrected chi connectivity index (χ0v) is 17.3. The van der Waals surface area contributed by atoms with E-state index in [0.29, 0.717) is 30.7 Å². The van der Waals surface area contributed by atoms with Gasteiger partial charge in [0, 0.05) is 25.7 Å². The molecule has 0 saturated carbocycles. The number of morpholine rings is 1. The van der Waals surface area contributed by atoms with Crippen molar-refractivity contribution in [2.45, 2.75) is 19.9 Å². The van der Waals surface area contributed by atoms with Crippen LogP contribution in [0.3, 0.4) is 0 Å². The topological polar surface area (TPSA) is 71.8 Å². The molecule has 0 spiro atoms. The van der Waals surface area contributed by atoms with E-state index in [-0.39, 0.29) is 23.1 Å². The lowest BCUT2D eigenvalue weighted by Crippen LogP contribution is -2.43. The van der Waals surface area contributed by atoms with Crippen molar-refractivity contribution in [3.05, 3.63) is 81.2 Å². The van der Waals surface area contributed by atoms with Crippen molar-refractivity contribution in [1.82, 2.24) is 10.2 Å². The van der Waals surface area contributed by atoms with E-state index in [2.05, 4.69) is 41.4 Å². The number of carbonyl (C=O) groups excluding carboxylic acids is 1. The minimum absolute atomic E-state index is 0.0212. The summed E-state index contributed by atoms with van der Waals surface area (Å²) in [6, 6.07) is 15.0. The lowest BCUT2D eigenvalue weighted by atomic mass is 10.0. The van der Waals surface area contributed by atoms with E-state index in [1.54, 1.807) is 12.1 Å². The molecule has 1 atom stereocenters. The lowest BCUT2D eigenvalue weighted by molar-refractivity contribution is 0.0161. The van der Waals surface area contributed by atoms with Crippen LogP contribution < -0.4 is 10.7 Å². The van der Waals surface area contributed by atoms with Crippen molar-refractivity contribution in [2.24, 2.45) is 0 Å². The van der Waals surface area contributed by atoms with Crippen LogP contribution in [-0.2, 0) is 4.74 Å². The van der Waals surface area contributed by atoms with Gasteiger partial charge in [0.2, 0.25) is 0 Å². The Bertz CT molecular complexity index is 1100. The van der Waals surface area contributed by atoms with Gasteiger partial charge >= 0.3 is 0 Å². The van der Waals surface area contributed by atoms with Crippen LogP contribution in [0.1, 0.15) is 33.3 Å². The van der Waals surface area contributed by atoms with Crippen molar-refractivity contribution in [3.8, 4) is 0 Å². The van der Waals surface area contributed by atoms with Crippen molar-refractivity contribution < 1.29 is 13.9 Å². The monoisotopic (exact) mass is 406 g/mol. The molecule has 0 bridgehead atoms. The molecule has 4 rings (SSSR count). The van der Waals surface area contributed by atoms with Crippen molar-refractivity contribution in [3.63, 3.8) is 0 Å². The van der Waals surface area contributed by atoms with E-state index >= 15 is 0 Å². The number of aryl methyl sites for hydroxylation is 2. The summed E-state index contributed by atoms with van der Waals surface area (Å²) in [5.74, 6) is -0.358. The van der Waals surface area contributed by atoms with Gasteiger partial charge in [0.15, 0.2) is 11.2 Å². The Morgan fingerprint density at radius 2 is 1.73 bits per heavy atom. The molecule has 1 saturated heterocycles. The summed E-state index contributed by atoms with van der Waals surface area (Å²) in [6.45, 7) is 7.35. The molecular weight excluding hydrogens is 380 g/mol. The zero-order valence-electron chi connectivity index (χ0n) is 17.3. The quantitative estimate of drug-likeness (QED) is 0.705. The molecule has 2 heterocycles. The van der Waals surface area contributed by atoms with E-state index < -0.39 is 0 Å². The minimum atomic E-state index is -0.388. The molecule has 3 aromatic rings. The molecule has 156 valence electrons. The average molecular weight is 406 g/mol. The van der Waals surface area contributed by atoms with Gasteiger partial charge in [-0.1, -0.05) is 35.9 Å². The Morgan fingerprint density at radius 1 is 1.03 bits per heavy atom. The van der Waals surface area contributed by atoms with Gasteiger partial charge in [-0.3, -0.25) is 14.5 Å². The Morgan fingerprint density at radius 3 is 2.47 bits per heavy atom. The van der Waals surface area contributed by atoms with Crippen molar-refractivity contribution in [2.75, 3.05) is 32.8 Å². The summed E-state index contributed by atoms with van der Waals surface area (Å²) < 4.78 is 11.2. The first-order valence-corrected chi connectivity index (χ1v) is 10.2. The minimum Gasteiger partial charge on any atom is -0.451 e. The number of amides is 1. The Kier molecular flexibility index (Phi) is 5.97. The Balaban J connectivity index is 1.55. The summed E-state index contributed by atoms with van der Waals surface area (Å²) in [5, 5.41) is 3.44. The van der Waals surface area contributed by atoms with Gasteiger partial charge in [0.25, 0.3) is 5.91 Å². The number of nitrogens with one attached hydrogen (secondary N) is 1. The molecule has 2 aromatic carbocycles. The van der Waals surface area contributed by atoms with Crippen LogP contribution in [0, 0.1) is 13.8 Å². The maximum atomic E-state index is 12.8. The molecule has 1 aliphatic rings. The SMILES string of the molecule is Cc1ccc(C(CNC(=O)c2cc(=O)c3ccc(C)cc3o2)N2CCOCC2)cc1. The van der Waals surface area contributed by atoms with Gasteiger partial charge in [0.05, 0.1) is 24.6 Å². The lowest BCUT2D eigenvalue weighted by Gasteiger charge is -2.35. The van der Waals surface area contributed by atoms with E-state index in [4.69, 9.17) is 9.15 Å². The van der Waals surface area contributed by atoms with Crippen LogP contribution in [0.15, 0.2) is 57.7 Å². The Labute approximate surface area is 175 Å². The standard InChI is InChI=1S/C24H26N2O4/c1-16-3-6-18(7-4-16)20(26-9-11-29-12-10-26)15-25-24(28)23-14-21(27)19-8-5-17(2)13-22(19)30-23/h3-8,13-14,20H,9-12,15H2,1-2H3,(H,25,28). The van der Waals surface area contributed by atoms with Crippen LogP contribution in [0.4, 0.5) is 0 Å². The van der Waals surface area contributed by atoms with Crippen LogP contribution in [-0.4, -0.2) is 43.7 Å². The van der Waals surface area contributed by atoms with Gasteiger partial charge in [-0.05, 0) is 37.1 Å². The summed E-state index contributed by atoms with van der Waals surface area (Å²) >= 11 is 0. The fourth-order valence-electron chi connectivity index (χ4n) is 3.79. The summed E-state index contributed by atoms with van der Waals surface area (Å²) in [5.41, 5.74) is 3.51. The van der Waals surface area contributed by atoms with Gasteiger partial charge in [0.1, 0.15) is 5.58 Å². The molecule has 0 radical (unpaired) electrons. The van der Waals surface area contributed by atoms with Crippen LogP contribution in [0.5, 0.6) is 0 Å². The van der Waals surface area contributed by atoms with Crippen molar-refractivity contribution >= 4 is 16.9 Å². The highest BCUT2D eigenvalue weighted by Crippen LogP contribution is 2.22. The van der Waals surface area contributed by atoms with Crippen LogP contribution in [0.2, 0.25) is 0 Å². The zero-order chi connectivity index (χ0) is 21.1. The molecule has 1 aromatic heterocycles. The van der Waals surface area contributed by atoms with E-state index in [1.807, 2.05) is 13.0 Å². The van der Waals surface area contributed by atoms with Gasteiger partial charge < -0.3 is 14.5 Å². The third-order valence-electron chi connectivity index (χ3n) is 5.51. The van der Waals surface area contributed by atoms with Gasteiger partial charge in [-0.15, -0.1) is 0 Å². The number of hydrogen-bond acceptors (Lipinski definition) is 5. The third kappa shape index (κ3) is 4.45. The highest BCUT2D eigenvalue weighted by atomic mass is 16.5. The van der Waals surface area contributed by atoms with Crippen LogP contribution in [0.25, 0.3) is 11.0 Å².